The topological polar surface area (TPSA) is 73.2 Å². The van der Waals surface area contributed by atoms with Crippen LogP contribution in [0.15, 0.2) is 47.4 Å². The van der Waals surface area contributed by atoms with Gasteiger partial charge in [-0.25, -0.2) is 4.98 Å². The monoisotopic (exact) mass is 337 g/mol. The molecule has 0 bridgehead atoms. The van der Waals surface area contributed by atoms with E-state index in [-0.39, 0.29) is 11.0 Å². The van der Waals surface area contributed by atoms with Crippen LogP contribution in [-0.2, 0) is 6.54 Å². The molecule has 1 amide bonds. The number of pyridine rings is 2. The molecule has 0 radical (unpaired) electrons. The number of hydrogen-bond donors (Lipinski definition) is 1. The summed E-state index contributed by atoms with van der Waals surface area (Å²) in [7, 11) is 1.58. The number of hydrogen-bond acceptors (Lipinski definition) is 4. The molecule has 0 unspecified atom stereocenters. The molecule has 1 aromatic carbocycles. The van der Waals surface area contributed by atoms with Crippen LogP contribution >= 0.6 is 0 Å². The number of fused-ring (bicyclic) bond motifs is 1. The highest BCUT2D eigenvalue weighted by Gasteiger charge is 2.16. The Balaban J connectivity index is 2.02. The van der Waals surface area contributed by atoms with Gasteiger partial charge in [0.25, 0.3) is 5.91 Å². The fourth-order valence-corrected chi connectivity index (χ4v) is 2.64. The average molecular weight is 337 g/mol. The number of benzene rings is 1. The number of amides is 1. The Kier molecular flexibility index (Phi) is 4.52. The second kappa shape index (κ2) is 6.76. The maximum Gasteiger partial charge on any atom is 0.261 e. The summed E-state index contributed by atoms with van der Waals surface area (Å²) in [5.74, 6) is 0.248. The molecule has 2 aromatic heterocycles. The van der Waals surface area contributed by atoms with Crippen LogP contribution in [0.4, 0.5) is 5.69 Å². The highest BCUT2D eigenvalue weighted by atomic mass is 16.5. The molecule has 6 heteroatoms. The second-order valence-electron chi connectivity index (χ2n) is 5.66. The summed E-state index contributed by atoms with van der Waals surface area (Å²) < 4.78 is 6.91. The third kappa shape index (κ3) is 3.24. The lowest BCUT2D eigenvalue weighted by molar-refractivity contribution is 0.102. The predicted octanol–water partition coefficient (Wildman–Crippen LogP) is 2.99. The summed E-state index contributed by atoms with van der Waals surface area (Å²) in [4.78, 5) is 29.7. The van der Waals surface area contributed by atoms with Crippen molar-refractivity contribution in [1.82, 2.24) is 9.55 Å². The van der Waals surface area contributed by atoms with Crippen LogP contribution in [0.25, 0.3) is 11.0 Å². The molecule has 0 saturated carbocycles. The van der Waals surface area contributed by atoms with Gasteiger partial charge in [0, 0.05) is 24.1 Å². The number of ether oxygens (including phenoxy) is 1. The van der Waals surface area contributed by atoms with E-state index in [4.69, 9.17) is 4.74 Å². The highest BCUT2D eigenvalue weighted by molar-refractivity contribution is 6.05. The Labute approximate surface area is 145 Å². The number of rotatable bonds is 4. The summed E-state index contributed by atoms with van der Waals surface area (Å²) in [6.45, 7) is 4.42. The van der Waals surface area contributed by atoms with Gasteiger partial charge in [0.2, 0.25) is 5.43 Å². The maximum absolute atomic E-state index is 12.7. The number of carbonyl (C=O) groups is 1. The van der Waals surface area contributed by atoms with Gasteiger partial charge in [0.1, 0.15) is 17.0 Å². The van der Waals surface area contributed by atoms with Crippen LogP contribution in [-0.4, -0.2) is 22.6 Å². The van der Waals surface area contributed by atoms with E-state index in [9.17, 15) is 9.59 Å². The predicted molar refractivity (Wildman–Crippen MR) is 97.4 cm³/mol. The number of nitrogens with one attached hydrogen (secondary N) is 1. The number of anilines is 1. The van der Waals surface area contributed by atoms with E-state index in [1.165, 1.54) is 0 Å². The highest BCUT2D eigenvalue weighted by Crippen LogP contribution is 2.16. The molecule has 0 aliphatic carbocycles. The van der Waals surface area contributed by atoms with Gasteiger partial charge in [0.05, 0.1) is 12.5 Å². The van der Waals surface area contributed by atoms with Crippen molar-refractivity contribution in [1.29, 1.82) is 0 Å². The van der Waals surface area contributed by atoms with E-state index in [1.807, 2.05) is 18.4 Å². The van der Waals surface area contributed by atoms with E-state index in [2.05, 4.69) is 10.3 Å². The first-order valence-electron chi connectivity index (χ1n) is 7.99. The number of aryl methyl sites for hydroxylation is 2. The number of carbonyl (C=O) groups excluding carboxylic acids is 1. The first-order valence-corrected chi connectivity index (χ1v) is 7.99. The van der Waals surface area contributed by atoms with Crippen molar-refractivity contribution in [3.8, 4) is 5.75 Å². The molecule has 25 heavy (non-hydrogen) atoms. The first kappa shape index (κ1) is 16.7. The third-order valence-electron chi connectivity index (χ3n) is 3.99. The van der Waals surface area contributed by atoms with Gasteiger partial charge in [-0.2, -0.15) is 0 Å². The van der Waals surface area contributed by atoms with Crippen molar-refractivity contribution in [2.24, 2.45) is 0 Å². The summed E-state index contributed by atoms with van der Waals surface area (Å²) in [6.07, 6.45) is 1.57. The van der Waals surface area contributed by atoms with Crippen molar-refractivity contribution < 1.29 is 9.53 Å². The minimum absolute atomic E-state index is 0.0934. The second-order valence-corrected chi connectivity index (χ2v) is 5.66. The molecule has 0 saturated heterocycles. The van der Waals surface area contributed by atoms with Crippen LogP contribution in [0.1, 0.15) is 23.0 Å². The number of nitrogens with zero attached hydrogens (tertiary/aromatic N) is 2. The Hall–Kier alpha value is -3.15. The van der Waals surface area contributed by atoms with Crippen LogP contribution < -0.4 is 15.5 Å². The molecule has 0 spiro atoms. The summed E-state index contributed by atoms with van der Waals surface area (Å²) in [5, 5.41) is 3.19. The van der Waals surface area contributed by atoms with Crippen LogP contribution in [0.5, 0.6) is 5.75 Å². The van der Waals surface area contributed by atoms with Gasteiger partial charge in [-0.3, -0.25) is 9.59 Å². The number of aromatic nitrogens is 2. The Morgan fingerprint density at radius 1 is 1.20 bits per heavy atom. The van der Waals surface area contributed by atoms with E-state index in [1.54, 1.807) is 49.7 Å². The SMILES string of the molecule is CCn1cc(C(=O)Nc2ccc(OC)cc2)c(=O)c2ccc(C)nc21. The van der Waals surface area contributed by atoms with Gasteiger partial charge in [-0.05, 0) is 50.2 Å². The molecule has 0 aliphatic heterocycles. The lowest BCUT2D eigenvalue weighted by Crippen LogP contribution is -2.24. The Morgan fingerprint density at radius 2 is 1.92 bits per heavy atom. The van der Waals surface area contributed by atoms with Gasteiger partial charge in [-0.1, -0.05) is 0 Å². The Bertz CT molecular complexity index is 991. The molecule has 0 atom stereocenters. The van der Waals surface area contributed by atoms with Gasteiger partial charge >= 0.3 is 0 Å². The van der Waals surface area contributed by atoms with Crippen molar-refractivity contribution in [3.05, 3.63) is 64.1 Å². The lowest BCUT2D eigenvalue weighted by atomic mass is 10.1. The fourth-order valence-electron chi connectivity index (χ4n) is 2.64. The molecule has 0 fully saturated rings. The zero-order valence-corrected chi connectivity index (χ0v) is 14.4. The zero-order chi connectivity index (χ0) is 18.0. The number of methoxy groups -OCH3 is 1. The van der Waals surface area contributed by atoms with Crippen molar-refractivity contribution in [2.75, 3.05) is 12.4 Å². The molecule has 0 aliphatic rings. The van der Waals surface area contributed by atoms with Gasteiger partial charge < -0.3 is 14.6 Å². The third-order valence-corrected chi connectivity index (χ3v) is 3.99. The van der Waals surface area contributed by atoms with Crippen LogP contribution in [0.3, 0.4) is 0 Å². The first-order chi connectivity index (χ1) is 12.0. The molecule has 2 heterocycles. The molecule has 1 N–H and O–H groups in total. The maximum atomic E-state index is 12.7. The van der Waals surface area contributed by atoms with Gasteiger partial charge in [0.15, 0.2) is 0 Å². The van der Waals surface area contributed by atoms with E-state index in [0.717, 1.165) is 5.69 Å². The summed E-state index contributed by atoms with van der Waals surface area (Å²) in [5.41, 5.74) is 1.78. The normalized spacial score (nSPS) is 10.7. The standard InChI is InChI=1S/C19H19N3O3/c1-4-22-11-16(17(23)15-10-5-12(2)20-18(15)22)19(24)21-13-6-8-14(25-3)9-7-13/h5-11H,4H2,1-3H3,(H,21,24). The zero-order valence-electron chi connectivity index (χ0n) is 14.4. The van der Waals surface area contributed by atoms with E-state index in [0.29, 0.717) is 29.0 Å². The van der Waals surface area contributed by atoms with E-state index >= 15 is 0 Å². The molecule has 128 valence electrons. The summed E-state index contributed by atoms with van der Waals surface area (Å²) >= 11 is 0. The van der Waals surface area contributed by atoms with Crippen molar-refractivity contribution >= 4 is 22.6 Å². The van der Waals surface area contributed by atoms with Gasteiger partial charge in [-0.15, -0.1) is 0 Å². The van der Waals surface area contributed by atoms with Crippen molar-refractivity contribution in [2.45, 2.75) is 20.4 Å². The minimum atomic E-state index is -0.445. The molecule has 3 aromatic rings. The van der Waals surface area contributed by atoms with Crippen LogP contribution in [0, 0.1) is 6.92 Å². The Morgan fingerprint density at radius 3 is 2.56 bits per heavy atom. The minimum Gasteiger partial charge on any atom is -0.497 e. The van der Waals surface area contributed by atoms with E-state index < -0.39 is 5.91 Å². The fraction of sp³-hybridized carbons (Fsp3) is 0.211. The summed E-state index contributed by atoms with van der Waals surface area (Å²) in [6, 6.07) is 10.4. The molecule has 3 rings (SSSR count). The molecular weight excluding hydrogens is 318 g/mol. The average Bonchev–Trinajstić information content (AvgIpc) is 2.62. The smallest absolute Gasteiger partial charge is 0.261 e. The molecule has 6 nitrogen and oxygen atoms in total. The largest absolute Gasteiger partial charge is 0.497 e. The van der Waals surface area contributed by atoms with Crippen molar-refractivity contribution in [3.63, 3.8) is 0 Å². The quantitative estimate of drug-likeness (QED) is 0.794. The lowest BCUT2D eigenvalue weighted by Gasteiger charge is -2.12. The molecular formula is C19H19N3O3. The van der Waals surface area contributed by atoms with Crippen LogP contribution in [0.2, 0.25) is 0 Å².